The lowest BCUT2D eigenvalue weighted by Crippen LogP contribution is -2.64. The summed E-state index contributed by atoms with van der Waals surface area (Å²) in [6.07, 6.45) is 1.12. The number of hydrogen-bond acceptors (Lipinski definition) is 3. The van der Waals surface area contributed by atoms with Gasteiger partial charge < -0.3 is 5.32 Å². The van der Waals surface area contributed by atoms with Crippen molar-refractivity contribution in [3.05, 3.63) is 35.1 Å². The maximum atomic E-state index is 13.6. The molecule has 3 saturated heterocycles. The van der Waals surface area contributed by atoms with Crippen molar-refractivity contribution >= 4 is 0 Å². The van der Waals surface area contributed by atoms with Crippen molar-refractivity contribution in [2.45, 2.75) is 32.4 Å². The summed E-state index contributed by atoms with van der Waals surface area (Å²) in [7, 11) is 0. The highest BCUT2D eigenvalue weighted by Gasteiger charge is 2.37. The minimum absolute atomic E-state index is 0.109. The Morgan fingerprint density at radius 3 is 2.62 bits per heavy atom. The molecule has 2 unspecified atom stereocenters. The van der Waals surface area contributed by atoms with Gasteiger partial charge in [-0.05, 0) is 37.1 Å². The molecular weight excluding hydrogens is 265 g/mol. The van der Waals surface area contributed by atoms with Crippen LogP contribution in [-0.4, -0.2) is 55.1 Å². The average Bonchev–Trinajstić information content (AvgIpc) is 2.52. The molecule has 3 aliphatic rings. The molecule has 2 atom stereocenters. The van der Waals surface area contributed by atoms with Gasteiger partial charge in [-0.15, -0.1) is 0 Å². The fourth-order valence-corrected chi connectivity index (χ4v) is 3.61. The molecular formula is C17H26FN3. The number of fused-ring (bicyclic) bond motifs is 3. The summed E-state index contributed by atoms with van der Waals surface area (Å²) < 4.78 is 13.6. The molecule has 3 nitrogen and oxygen atoms in total. The first-order valence-corrected chi connectivity index (χ1v) is 8.15. The number of piperazine rings is 3. The number of nitrogens with zero attached hydrogens (tertiary/aromatic N) is 2. The molecule has 0 aromatic heterocycles. The zero-order valence-corrected chi connectivity index (χ0v) is 13.1. The maximum Gasteiger partial charge on any atom is 0.126 e. The second-order valence-electron chi connectivity index (χ2n) is 6.34. The van der Waals surface area contributed by atoms with Crippen molar-refractivity contribution in [3.63, 3.8) is 0 Å². The molecule has 0 amide bonds. The largest absolute Gasteiger partial charge is 0.309 e. The van der Waals surface area contributed by atoms with Gasteiger partial charge in [-0.1, -0.05) is 19.1 Å². The molecule has 116 valence electrons. The van der Waals surface area contributed by atoms with E-state index in [1.165, 1.54) is 18.7 Å². The van der Waals surface area contributed by atoms with Crippen LogP contribution in [0.25, 0.3) is 0 Å². The zero-order valence-electron chi connectivity index (χ0n) is 13.1. The lowest BCUT2D eigenvalue weighted by Gasteiger charge is -2.50. The molecule has 0 aliphatic carbocycles. The van der Waals surface area contributed by atoms with Crippen LogP contribution in [0.5, 0.6) is 0 Å². The van der Waals surface area contributed by atoms with Crippen molar-refractivity contribution in [1.82, 2.24) is 15.1 Å². The van der Waals surface area contributed by atoms with Crippen LogP contribution in [-0.2, 0) is 0 Å². The number of nitrogens with one attached hydrogen (secondary N) is 1. The molecule has 2 bridgehead atoms. The maximum absolute atomic E-state index is 13.6. The molecule has 4 heteroatoms. The van der Waals surface area contributed by atoms with Gasteiger partial charge in [-0.3, -0.25) is 9.80 Å². The van der Waals surface area contributed by atoms with Gasteiger partial charge in [0.15, 0.2) is 0 Å². The number of halogens is 1. The van der Waals surface area contributed by atoms with Crippen LogP contribution in [0.2, 0.25) is 0 Å². The third-order valence-corrected chi connectivity index (χ3v) is 4.86. The zero-order chi connectivity index (χ0) is 14.8. The fraction of sp³-hybridized carbons (Fsp3) is 0.647. The number of benzene rings is 1. The highest BCUT2D eigenvalue weighted by molar-refractivity contribution is 5.28. The Kier molecular flexibility index (Phi) is 4.57. The van der Waals surface area contributed by atoms with Gasteiger partial charge in [0.05, 0.1) is 0 Å². The summed E-state index contributed by atoms with van der Waals surface area (Å²) in [6, 6.07) is 6.38. The summed E-state index contributed by atoms with van der Waals surface area (Å²) >= 11 is 0. The van der Waals surface area contributed by atoms with Crippen LogP contribution < -0.4 is 5.32 Å². The second-order valence-corrected chi connectivity index (χ2v) is 6.34. The first-order valence-electron chi connectivity index (χ1n) is 8.15. The predicted octanol–water partition coefficient (Wildman–Crippen LogP) is 2.17. The molecule has 0 saturated carbocycles. The Morgan fingerprint density at radius 2 is 2.05 bits per heavy atom. The SMILES string of the molecule is CCCNC(c1ccc(F)c(C)c1)C1CN2CCN1CC2. The lowest BCUT2D eigenvalue weighted by molar-refractivity contribution is -0.00366. The monoisotopic (exact) mass is 291 g/mol. The van der Waals surface area contributed by atoms with Crippen molar-refractivity contribution < 1.29 is 4.39 Å². The van der Waals surface area contributed by atoms with Crippen molar-refractivity contribution in [3.8, 4) is 0 Å². The van der Waals surface area contributed by atoms with Gasteiger partial charge in [0.1, 0.15) is 5.82 Å². The van der Waals surface area contributed by atoms with Crippen LogP contribution in [0.1, 0.15) is 30.5 Å². The van der Waals surface area contributed by atoms with Gasteiger partial charge >= 0.3 is 0 Å². The molecule has 1 aromatic carbocycles. The smallest absolute Gasteiger partial charge is 0.126 e. The summed E-state index contributed by atoms with van der Waals surface area (Å²) in [5.41, 5.74) is 1.97. The Balaban J connectivity index is 1.84. The van der Waals surface area contributed by atoms with Gasteiger partial charge in [0.25, 0.3) is 0 Å². The van der Waals surface area contributed by atoms with E-state index in [0.717, 1.165) is 38.2 Å². The van der Waals surface area contributed by atoms with Gasteiger partial charge in [-0.25, -0.2) is 4.39 Å². The van der Waals surface area contributed by atoms with E-state index in [9.17, 15) is 4.39 Å². The van der Waals surface area contributed by atoms with Gasteiger partial charge in [0.2, 0.25) is 0 Å². The first kappa shape index (κ1) is 14.9. The molecule has 1 aromatic rings. The normalized spacial score (nSPS) is 29.6. The summed E-state index contributed by atoms with van der Waals surface area (Å²) in [4.78, 5) is 5.16. The van der Waals surface area contributed by atoms with Gasteiger partial charge in [0, 0.05) is 44.8 Å². The molecule has 0 spiro atoms. The molecule has 3 fully saturated rings. The standard InChI is InChI=1S/C17H26FN3/c1-3-6-19-17(14-4-5-15(18)13(2)11-14)16-12-20-7-9-21(16)10-8-20/h4-5,11,16-17,19H,3,6-10,12H2,1-2H3. The van der Waals surface area contributed by atoms with E-state index < -0.39 is 0 Å². The molecule has 3 aliphatic heterocycles. The van der Waals surface area contributed by atoms with Crippen molar-refractivity contribution in [2.75, 3.05) is 39.3 Å². The molecule has 21 heavy (non-hydrogen) atoms. The van der Waals surface area contributed by atoms with E-state index in [4.69, 9.17) is 0 Å². The Labute approximate surface area is 127 Å². The lowest BCUT2D eigenvalue weighted by atomic mass is 9.93. The van der Waals surface area contributed by atoms with E-state index >= 15 is 0 Å². The van der Waals surface area contributed by atoms with Crippen LogP contribution in [0.4, 0.5) is 4.39 Å². The van der Waals surface area contributed by atoms with E-state index in [-0.39, 0.29) is 5.82 Å². The van der Waals surface area contributed by atoms with Gasteiger partial charge in [-0.2, -0.15) is 0 Å². The topological polar surface area (TPSA) is 18.5 Å². The highest BCUT2D eigenvalue weighted by atomic mass is 19.1. The molecule has 0 radical (unpaired) electrons. The van der Waals surface area contributed by atoms with E-state index in [1.807, 2.05) is 19.1 Å². The third kappa shape index (κ3) is 3.12. The summed E-state index contributed by atoms with van der Waals surface area (Å²) in [5, 5.41) is 3.70. The average molecular weight is 291 g/mol. The Hall–Kier alpha value is -0.970. The highest BCUT2D eigenvalue weighted by Crippen LogP contribution is 2.28. The summed E-state index contributed by atoms with van der Waals surface area (Å²) in [6.45, 7) is 10.9. The minimum Gasteiger partial charge on any atom is -0.309 e. The van der Waals surface area contributed by atoms with Crippen LogP contribution >= 0.6 is 0 Å². The van der Waals surface area contributed by atoms with Crippen LogP contribution in [0, 0.1) is 12.7 Å². The molecule has 3 heterocycles. The number of aryl methyl sites for hydroxylation is 1. The van der Waals surface area contributed by atoms with E-state index in [0.29, 0.717) is 12.1 Å². The minimum atomic E-state index is -0.109. The quantitative estimate of drug-likeness (QED) is 0.897. The molecule has 1 N–H and O–H groups in total. The van der Waals surface area contributed by atoms with Crippen molar-refractivity contribution in [2.24, 2.45) is 0 Å². The summed E-state index contributed by atoms with van der Waals surface area (Å²) in [5.74, 6) is -0.109. The number of hydrogen-bond donors (Lipinski definition) is 1. The molecule has 4 rings (SSSR count). The Bertz CT molecular complexity index is 483. The number of rotatable bonds is 5. The fourth-order valence-electron chi connectivity index (χ4n) is 3.61. The van der Waals surface area contributed by atoms with Crippen molar-refractivity contribution in [1.29, 1.82) is 0 Å². The first-order chi connectivity index (χ1) is 10.2. The van der Waals surface area contributed by atoms with Crippen LogP contribution in [0.3, 0.4) is 0 Å². The Morgan fingerprint density at radius 1 is 1.29 bits per heavy atom. The predicted molar refractivity (Wildman–Crippen MR) is 84.0 cm³/mol. The van der Waals surface area contributed by atoms with E-state index in [1.54, 1.807) is 6.07 Å². The van der Waals surface area contributed by atoms with E-state index in [2.05, 4.69) is 22.0 Å². The third-order valence-electron chi connectivity index (χ3n) is 4.86. The van der Waals surface area contributed by atoms with Crippen LogP contribution in [0.15, 0.2) is 18.2 Å². The second kappa shape index (κ2) is 6.42.